The van der Waals surface area contributed by atoms with E-state index in [0.29, 0.717) is 18.0 Å². The Bertz CT molecular complexity index is 869. The second-order valence-electron chi connectivity index (χ2n) is 8.69. The van der Waals surface area contributed by atoms with Gasteiger partial charge in [0.2, 0.25) is 5.91 Å². The summed E-state index contributed by atoms with van der Waals surface area (Å²) >= 11 is 0. The zero-order chi connectivity index (χ0) is 20.4. The third-order valence-electron chi connectivity index (χ3n) is 6.21. The average Bonchev–Trinajstić information content (AvgIpc) is 3.58. The number of likely N-dealkylation sites (tertiary alicyclic amines) is 1. The van der Waals surface area contributed by atoms with Crippen molar-refractivity contribution in [2.24, 2.45) is 11.8 Å². The van der Waals surface area contributed by atoms with Gasteiger partial charge in [-0.15, -0.1) is 0 Å². The standard InChI is InChI=1S/C25H30N2O2/c1-17-5-9-19(10-6-17)23(20-13-14-20)26-24(28)22-4-3-15-27(16-22)25(29)21-11-7-18(2)8-12-21/h5-12,20,22-23H,3-4,13-16H2,1-2H3,(H,26,28). The summed E-state index contributed by atoms with van der Waals surface area (Å²) in [6, 6.07) is 16.3. The number of amides is 2. The van der Waals surface area contributed by atoms with E-state index in [1.54, 1.807) is 0 Å². The van der Waals surface area contributed by atoms with Gasteiger partial charge in [-0.05, 0) is 63.1 Å². The van der Waals surface area contributed by atoms with Crippen LogP contribution in [0, 0.1) is 25.7 Å². The third-order valence-corrected chi connectivity index (χ3v) is 6.21. The second kappa shape index (κ2) is 8.40. The molecule has 0 spiro atoms. The molecule has 1 N–H and O–H groups in total. The largest absolute Gasteiger partial charge is 0.349 e. The van der Waals surface area contributed by atoms with Gasteiger partial charge in [-0.2, -0.15) is 0 Å². The highest BCUT2D eigenvalue weighted by Crippen LogP contribution is 2.41. The zero-order valence-corrected chi connectivity index (χ0v) is 17.4. The SMILES string of the molecule is Cc1ccc(C(=O)N2CCCC(C(=O)NC(c3ccc(C)cc3)C3CC3)C2)cc1. The average molecular weight is 391 g/mol. The van der Waals surface area contributed by atoms with Crippen LogP contribution in [0.25, 0.3) is 0 Å². The van der Waals surface area contributed by atoms with Crippen molar-refractivity contribution < 1.29 is 9.59 Å². The Balaban J connectivity index is 1.42. The molecule has 2 atom stereocenters. The van der Waals surface area contributed by atoms with E-state index in [9.17, 15) is 9.59 Å². The molecule has 4 heteroatoms. The number of piperidine rings is 1. The van der Waals surface area contributed by atoms with Crippen molar-refractivity contribution in [3.05, 3.63) is 70.8 Å². The number of hydrogen-bond donors (Lipinski definition) is 1. The van der Waals surface area contributed by atoms with Gasteiger partial charge in [0.05, 0.1) is 12.0 Å². The number of nitrogens with zero attached hydrogens (tertiary/aromatic N) is 1. The van der Waals surface area contributed by atoms with Gasteiger partial charge in [0.25, 0.3) is 5.91 Å². The van der Waals surface area contributed by atoms with Crippen molar-refractivity contribution in [1.29, 1.82) is 0 Å². The predicted octanol–water partition coefficient (Wildman–Crippen LogP) is 4.42. The minimum atomic E-state index is -0.134. The molecule has 4 nitrogen and oxygen atoms in total. The Hall–Kier alpha value is -2.62. The molecule has 2 amide bonds. The second-order valence-corrected chi connectivity index (χ2v) is 8.69. The molecule has 2 aromatic carbocycles. The first-order valence-electron chi connectivity index (χ1n) is 10.7. The third kappa shape index (κ3) is 4.69. The number of hydrogen-bond acceptors (Lipinski definition) is 2. The van der Waals surface area contributed by atoms with Crippen LogP contribution in [0.2, 0.25) is 0 Å². The van der Waals surface area contributed by atoms with Crippen LogP contribution < -0.4 is 5.32 Å². The molecule has 1 saturated heterocycles. The molecule has 4 rings (SSSR count). The summed E-state index contributed by atoms with van der Waals surface area (Å²) in [7, 11) is 0. The first-order valence-corrected chi connectivity index (χ1v) is 10.7. The minimum Gasteiger partial charge on any atom is -0.349 e. The van der Waals surface area contributed by atoms with Crippen LogP contribution >= 0.6 is 0 Å². The number of benzene rings is 2. The fourth-order valence-corrected chi connectivity index (χ4v) is 4.20. The Morgan fingerprint density at radius 1 is 0.931 bits per heavy atom. The lowest BCUT2D eigenvalue weighted by Crippen LogP contribution is -2.46. The number of aryl methyl sites for hydroxylation is 2. The number of carbonyl (C=O) groups excluding carboxylic acids is 2. The highest BCUT2D eigenvalue weighted by atomic mass is 16.2. The first-order chi connectivity index (χ1) is 14.0. The maximum absolute atomic E-state index is 13.1. The van der Waals surface area contributed by atoms with Gasteiger partial charge in [0.1, 0.15) is 0 Å². The van der Waals surface area contributed by atoms with E-state index in [-0.39, 0.29) is 23.8 Å². The molecule has 1 aliphatic carbocycles. The molecular formula is C25H30N2O2. The minimum absolute atomic E-state index is 0.0276. The van der Waals surface area contributed by atoms with Crippen LogP contribution in [-0.2, 0) is 4.79 Å². The van der Waals surface area contributed by atoms with Crippen LogP contribution in [0.4, 0.5) is 0 Å². The molecule has 0 bridgehead atoms. The lowest BCUT2D eigenvalue weighted by atomic mass is 9.94. The van der Waals surface area contributed by atoms with Crippen molar-refractivity contribution in [2.75, 3.05) is 13.1 Å². The van der Waals surface area contributed by atoms with Crippen molar-refractivity contribution >= 4 is 11.8 Å². The quantitative estimate of drug-likeness (QED) is 0.821. The highest BCUT2D eigenvalue weighted by molar-refractivity contribution is 5.94. The van der Waals surface area contributed by atoms with Gasteiger partial charge in [0, 0.05) is 18.7 Å². The molecule has 0 radical (unpaired) electrons. The van der Waals surface area contributed by atoms with Crippen LogP contribution in [0.15, 0.2) is 48.5 Å². The van der Waals surface area contributed by atoms with Crippen molar-refractivity contribution in [3.63, 3.8) is 0 Å². The molecule has 0 aromatic heterocycles. The maximum atomic E-state index is 13.1. The van der Waals surface area contributed by atoms with E-state index in [2.05, 4.69) is 36.5 Å². The van der Waals surface area contributed by atoms with E-state index in [1.807, 2.05) is 36.1 Å². The van der Waals surface area contributed by atoms with E-state index >= 15 is 0 Å². The van der Waals surface area contributed by atoms with E-state index in [4.69, 9.17) is 0 Å². The van der Waals surface area contributed by atoms with Gasteiger partial charge >= 0.3 is 0 Å². The number of rotatable bonds is 5. The summed E-state index contributed by atoms with van der Waals surface area (Å²) in [5, 5.41) is 3.31. The molecule has 1 aliphatic heterocycles. The van der Waals surface area contributed by atoms with Gasteiger partial charge in [-0.1, -0.05) is 47.5 Å². The molecule has 1 saturated carbocycles. The molecule has 2 aromatic rings. The Morgan fingerprint density at radius 3 is 2.17 bits per heavy atom. The molecule has 2 unspecified atom stereocenters. The number of carbonyl (C=O) groups is 2. The highest BCUT2D eigenvalue weighted by Gasteiger charge is 2.36. The summed E-state index contributed by atoms with van der Waals surface area (Å²) in [6.45, 7) is 5.32. The maximum Gasteiger partial charge on any atom is 0.253 e. The zero-order valence-electron chi connectivity index (χ0n) is 17.4. The number of nitrogens with one attached hydrogen (secondary N) is 1. The summed E-state index contributed by atoms with van der Waals surface area (Å²) < 4.78 is 0. The summed E-state index contributed by atoms with van der Waals surface area (Å²) in [6.07, 6.45) is 4.05. The monoisotopic (exact) mass is 390 g/mol. The van der Waals surface area contributed by atoms with Crippen LogP contribution in [-0.4, -0.2) is 29.8 Å². The Kier molecular flexibility index (Phi) is 5.70. The summed E-state index contributed by atoms with van der Waals surface area (Å²) in [5.41, 5.74) is 4.26. The smallest absolute Gasteiger partial charge is 0.253 e. The lowest BCUT2D eigenvalue weighted by molar-refractivity contribution is -0.127. The fraction of sp³-hybridized carbons (Fsp3) is 0.440. The Morgan fingerprint density at radius 2 is 1.55 bits per heavy atom. The van der Waals surface area contributed by atoms with Crippen molar-refractivity contribution in [2.45, 2.75) is 45.6 Å². The van der Waals surface area contributed by atoms with Gasteiger partial charge in [-0.3, -0.25) is 9.59 Å². The van der Waals surface area contributed by atoms with Gasteiger partial charge in [0.15, 0.2) is 0 Å². The van der Waals surface area contributed by atoms with Crippen molar-refractivity contribution in [3.8, 4) is 0 Å². The predicted molar refractivity (Wildman–Crippen MR) is 115 cm³/mol. The molecular weight excluding hydrogens is 360 g/mol. The van der Waals surface area contributed by atoms with Crippen LogP contribution in [0.3, 0.4) is 0 Å². The van der Waals surface area contributed by atoms with Crippen molar-refractivity contribution in [1.82, 2.24) is 10.2 Å². The first kappa shape index (κ1) is 19.7. The van der Waals surface area contributed by atoms with Crippen LogP contribution in [0.5, 0.6) is 0 Å². The molecule has 1 heterocycles. The van der Waals surface area contributed by atoms with Gasteiger partial charge in [-0.25, -0.2) is 0 Å². The van der Waals surface area contributed by atoms with E-state index < -0.39 is 0 Å². The molecule has 2 aliphatic rings. The van der Waals surface area contributed by atoms with E-state index in [0.717, 1.165) is 24.9 Å². The molecule has 152 valence electrons. The topological polar surface area (TPSA) is 49.4 Å². The fourth-order valence-electron chi connectivity index (χ4n) is 4.20. The summed E-state index contributed by atoms with van der Waals surface area (Å²) in [5.74, 6) is 0.518. The Labute approximate surface area is 173 Å². The molecule has 2 fully saturated rings. The van der Waals surface area contributed by atoms with Gasteiger partial charge < -0.3 is 10.2 Å². The normalized spacial score (nSPS) is 20.2. The molecule has 29 heavy (non-hydrogen) atoms. The lowest BCUT2D eigenvalue weighted by Gasteiger charge is -2.33. The summed E-state index contributed by atoms with van der Waals surface area (Å²) in [4.78, 5) is 27.8. The van der Waals surface area contributed by atoms with E-state index in [1.165, 1.54) is 24.0 Å². The van der Waals surface area contributed by atoms with Crippen LogP contribution in [0.1, 0.15) is 58.8 Å².